The Morgan fingerprint density at radius 1 is 1.47 bits per heavy atom. The van der Waals surface area contributed by atoms with Crippen molar-refractivity contribution in [1.82, 2.24) is 4.31 Å². The molecule has 1 aliphatic rings. The largest absolute Gasteiger partial charge is 0.396 e. The van der Waals surface area contributed by atoms with Crippen LogP contribution in [0.15, 0.2) is 23.1 Å². The van der Waals surface area contributed by atoms with Crippen molar-refractivity contribution in [3.8, 4) is 0 Å². The molecule has 0 spiro atoms. The summed E-state index contributed by atoms with van der Waals surface area (Å²) < 4.78 is 39.8. The number of aliphatic hydroxyl groups excluding tert-OH is 1. The Labute approximate surface area is 112 Å². The van der Waals surface area contributed by atoms with E-state index in [2.05, 4.69) is 0 Å². The standard InChI is InChI=1S/C13H18FNO3S/c1-10-12(14)5-2-6-13(10)19(17,18)15-7-3-4-11(8-15)9-16/h2,5-6,11,16H,3-4,7-9H2,1H3. The van der Waals surface area contributed by atoms with Crippen molar-refractivity contribution in [2.24, 2.45) is 5.92 Å². The van der Waals surface area contributed by atoms with Crippen molar-refractivity contribution < 1.29 is 17.9 Å². The first-order valence-corrected chi connectivity index (χ1v) is 7.77. The molecule has 1 saturated heterocycles. The van der Waals surface area contributed by atoms with Crippen LogP contribution in [0.3, 0.4) is 0 Å². The molecule has 2 rings (SSSR count). The molecule has 0 amide bonds. The zero-order chi connectivity index (χ0) is 14.0. The maximum absolute atomic E-state index is 13.5. The van der Waals surface area contributed by atoms with Gasteiger partial charge in [-0.05, 0) is 37.8 Å². The molecular weight excluding hydrogens is 269 g/mol. The third-order valence-corrected chi connectivity index (χ3v) is 5.59. The van der Waals surface area contributed by atoms with Crippen LogP contribution in [-0.4, -0.2) is 37.5 Å². The first kappa shape index (κ1) is 14.4. The fraction of sp³-hybridized carbons (Fsp3) is 0.538. The minimum atomic E-state index is -3.68. The van der Waals surface area contributed by atoms with Crippen LogP contribution in [0.25, 0.3) is 0 Å². The van der Waals surface area contributed by atoms with Crippen LogP contribution in [0.4, 0.5) is 4.39 Å². The van der Waals surface area contributed by atoms with E-state index in [1.807, 2.05) is 0 Å². The van der Waals surface area contributed by atoms with E-state index in [1.54, 1.807) is 0 Å². The number of aliphatic hydroxyl groups is 1. The van der Waals surface area contributed by atoms with E-state index in [9.17, 15) is 12.8 Å². The molecule has 1 aromatic rings. The highest BCUT2D eigenvalue weighted by Crippen LogP contribution is 2.26. The number of piperidine rings is 1. The minimum Gasteiger partial charge on any atom is -0.396 e. The maximum Gasteiger partial charge on any atom is 0.243 e. The van der Waals surface area contributed by atoms with Crippen LogP contribution in [-0.2, 0) is 10.0 Å². The zero-order valence-corrected chi connectivity index (χ0v) is 11.7. The van der Waals surface area contributed by atoms with Gasteiger partial charge in [-0.2, -0.15) is 4.31 Å². The molecule has 6 heteroatoms. The lowest BCUT2D eigenvalue weighted by Crippen LogP contribution is -2.41. The molecule has 19 heavy (non-hydrogen) atoms. The number of nitrogens with zero attached hydrogens (tertiary/aromatic N) is 1. The Morgan fingerprint density at radius 3 is 2.89 bits per heavy atom. The number of benzene rings is 1. The summed E-state index contributed by atoms with van der Waals surface area (Å²) in [4.78, 5) is 0.0195. The number of hydrogen-bond donors (Lipinski definition) is 1. The number of hydrogen-bond acceptors (Lipinski definition) is 3. The van der Waals surface area contributed by atoms with Crippen molar-refractivity contribution in [3.63, 3.8) is 0 Å². The number of rotatable bonds is 3. The molecule has 1 heterocycles. The Bertz CT molecular complexity index is 559. The maximum atomic E-state index is 13.5. The zero-order valence-electron chi connectivity index (χ0n) is 10.8. The van der Waals surface area contributed by atoms with Gasteiger partial charge >= 0.3 is 0 Å². The second kappa shape index (κ2) is 5.56. The second-order valence-corrected chi connectivity index (χ2v) is 6.82. The molecule has 1 aliphatic heterocycles. The van der Waals surface area contributed by atoms with Crippen molar-refractivity contribution >= 4 is 10.0 Å². The average molecular weight is 287 g/mol. The normalized spacial score (nSPS) is 21.5. The van der Waals surface area contributed by atoms with Crippen molar-refractivity contribution in [1.29, 1.82) is 0 Å². The summed E-state index contributed by atoms with van der Waals surface area (Å²) in [6.45, 7) is 2.17. The van der Waals surface area contributed by atoms with Crippen LogP contribution < -0.4 is 0 Å². The fourth-order valence-electron chi connectivity index (χ4n) is 2.40. The summed E-state index contributed by atoms with van der Waals surface area (Å²) in [5, 5.41) is 9.16. The topological polar surface area (TPSA) is 57.6 Å². The molecule has 0 saturated carbocycles. The highest BCUT2D eigenvalue weighted by atomic mass is 32.2. The summed E-state index contributed by atoms with van der Waals surface area (Å²) in [5.41, 5.74) is 0.147. The van der Waals surface area contributed by atoms with E-state index < -0.39 is 15.8 Å². The molecule has 0 radical (unpaired) electrons. The third-order valence-electron chi connectivity index (χ3n) is 3.58. The Kier molecular flexibility index (Phi) is 4.23. The summed E-state index contributed by atoms with van der Waals surface area (Å²) >= 11 is 0. The van der Waals surface area contributed by atoms with Gasteiger partial charge in [0.05, 0.1) is 4.90 Å². The van der Waals surface area contributed by atoms with Crippen molar-refractivity contribution in [2.75, 3.05) is 19.7 Å². The summed E-state index contributed by atoms with van der Waals surface area (Å²) in [6.07, 6.45) is 1.55. The highest BCUT2D eigenvalue weighted by molar-refractivity contribution is 7.89. The molecule has 1 aromatic carbocycles. The molecule has 0 aromatic heterocycles. The quantitative estimate of drug-likeness (QED) is 0.917. The molecule has 0 aliphatic carbocycles. The Morgan fingerprint density at radius 2 is 2.21 bits per heavy atom. The minimum absolute atomic E-state index is 0.0195. The van der Waals surface area contributed by atoms with Crippen LogP contribution in [0.1, 0.15) is 18.4 Å². The molecule has 0 bridgehead atoms. The van der Waals surface area contributed by atoms with E-state index in [1.165, 1.54) is 29.4 Å². The van der Waals surface area contributed by atoms with Gasteiger partial charge in [0.25, 0.3) is 0 Å². The predicted octanol–water partition coefficient (Wildman–Crippen LogP) is 1.53. The van der Waals surface area contributed by atoms with Gasteiger partial charge in [0, 0.05) is 25.3 Å². The van der Waals surface area contributed by atoms with Gasteiger partial charge in [-0.1, -0.05) is 6.07 Å². The smallest absolute Gasteiger partial charge is 0.243 e. The Balaban J connectivity index is 2.34. The van der Waals surface area contributed by atoms with Crippen LogP contribution in [0.2, 0.25) is 0 Å². The molecule has 106 valence electrons. The molecule has 1 unspecified atom stereocenters. The highest BCUT2D eigenvalue weighted by Gasteiger charge is 2.31. The van der Waals surface area contributed by atoms with E-state index >= 15 is 0 Å². The average Bonchev–Trinajstić information content (AvgIpc) is 2.41. The summed E-state index contributed by atoms with van der Waals surface area (Å²) in [5.74, 6) is -0.547. The molecule has 4 nitrogen and oxygen atoms in total. The van der Waals surface area contributed by atoms with Crippen LogP contribution in [0, 0.1) is 18.7 Å². The van der Waals surface area contributed by atoms with E-state index in [0.717, 1.165) is 12.8 Å². The molecule has 1 N–H and O–H groups in total. The van der Waals surface area contributed by atoms with Gasteiger partial charge in [-0.15, -0.1) is 0 Å². The molecule has 1 atom stereocenters. The van der Waals surface area contributed by atoms with E-state index in [0.29, 0.717) is 13.1 Å². The lowest BCUT2D eigenvalue weighted by molar-refractivity contribution is 0.165. The van der Waals surface area contributed by atoms with Crippen molar-refractivity contribution in [3.05, 3.63) is 29.6 Å². The van der Waals surface area contributed by atoms with Gasteiger partial charge in [0.2, 0.25) is 10.0 Å². The SMILES string of the molecule is Cc1c(F)cccc1S(=O)(=O)N1CCCC(CO)C1. The van der Waals surface area contributed by atoms with E-state index in [4.69, 9.17) is 5.11 Å². The van der Waals surface area contributed by atoms with Crippen molar-refractivity contribution in [2.45, 2.75) is 24.7 Å². The monoisotopic (exact) mass is 287 g/mol. The first-order valence-electron chi connectivity index (χ1n) is 6.33. The van der Waals surface area contributed by atoms with E-state index in [-0.39, 0.29) is 23.0 Å². The lowest BCUT2D eigenvalue weighted by atomic mass is 10.0. The molecular formula is C13H18FNO3S. The summed E-state index contributed by atoms with van der Waals surface area (Å²) in [6, 6.07) is 4.08. The third kappa shape index (κ3) is 2.80. The lowest BCUT2D eigenvalue weighted by Gasteiger charge is -2.31. The van der Waals surface area contributed by atoms with Gasteiger partial charge in [-0.25, -0.2) is 12.8 Å². The summed E-state index contributed by atoms with van der Waals surface area (Å²) in [7, 11) is -3.68. The molecule has 1 fully saturated rings. The number of halogens is 1. The van der Waals surface area contributed by atoms with Gasteiger partial charge in [0.15, 0.2) is 0 Å². The predicted molar refractivity (Wildman–Crippen MR) is 69.7 cm³/mol. The van der Waals surface area contributed by atoms with Crippen LogP contribution >= 0.6 is 0 Å². The van der Waals surface area contributed by atoms with Gasteiger partial charge < -0.3 is 5.11 Å². The second-order valence-electron chi connectivity index (χ2n) is 4.92. The first-order chi connectivity index (χ1) is 8.96. The van der Waals surface area contributed by atoms with Crippen LogP contribution in [0.5, 0.6) is 0 Å². The van der Waals surface area contributed by atoms with Gasteiger partial charge in [0.1, 0.15) is 5.82 Å². The Hall–Kier alpha value is -0.980. The fourth-order valence-corrected chi connectivity index (χ4v) is 4.19. The number of sulfonamides is 1. The van der Waals surface area contributed by atoms with Gasteiger partial charge in [-0.3, -0.25) is 0 Å².